The zero-order chi connectivity index (χ0) is 27.2. The van der Waals surface area contributed by atoms with Crippen molar-refractivity contribution in [3.05, 3.63) is 77.5 Å². The van der Waals surface area contributed by atoms with E-state index in [1.165, 1.54) is 0 Å². The molecule has 0 radical (unpaired) electrons. The van der Waals surface area contributed by atoms with Crippen LogP contribution in [-0.2, 0) is 16.0 Å². The van der Waals surface area contributed by atoms with Crippen LogP contribution in [0.4, 0.5) is 11.5 Å². The smallest absolute Gasteiger partial charge is 0.224 e. The minimum absolute atomic E-state index is 0.0149. The minimum Gasteiger partial charge on any atom is -0.363 e. The number of amides is 1. The highest BCUT2D eigenvalue weighted by molar-refractivity contribution is 5.94. The van der Waals surface area contributed by atoms with Gasteiger partial charge < -0.3 is 15.1 Å². The summed E-state index contributed by atoms with van der Waals surface area (Å²) < 4.78 is 0. The molecule has 1 aliphatic heterocycles. The van der Waals surface area contributed by atoms with E-state index in [0.717, 1.165) is 47.3 Å². The maximum atomic E-state index is 12.5. The van der Waals surface area contributed by atoms with Gasteiger partial charge >= 0.3 is 0 Å². The number of hydrogen-bond donors (Lipinski definition) is 1. The molecule has 0 aliphatic carbocycles. The highest BCUT2D eigenvalue weighted by Gasteiger charge is 2.32. The van der Waals surface area contributed by atoms with Crippen molar-refractivity contribution in [1.29, 1.82) is 5.26 Å². The molecule has 0 saturated carbocycles. The lowest BCUT2D eigenvalue weighted by Crippen LogP contribution is -2.43. The summed E-state index contributed by atoms with van der Waals surface area (Å²) in [5.74, 6) is 0.964. The number of benzene rings is 2. The SMILES string of the molecule is CC(=O)N1c2ccc(-c3ccc(CC(=O)CCCN(C)C)cc3)cc2[C@H](Nc2ccc(C#N)cn2)C[C@@H]1C. The molecule has 1 aromatic heterocycles. The van der Waals surface area contributed by atoms with Gasteiger partial charge in [0.05, 0.1) is 11.6 Å². The average Bonchev–Trinajstić information content (AvgIpc) is 2.89. The van der Waals surface area contributed by atoms with Gasteiger partial charge in [-0.1, -0.05) is 30.3 Å². The topological polar surface area (TPSA) is 89.3 Å². The molecule has 1 amide bonds. The summed E-state index contributed by atoms with van der Waals surface area (Å²) in [6, 6.07) is 20.0. The molecule has 2 atom stereocenters. The second-order valence-corrected chi connectivity index (χ2v) is 10.3. The molecule has 2 heterocycles. The van der Waals surface area contributed by atoms with Gasteiger partial charge in [0, 0.05) is 37.7 Å². The Balaban J connectivity index is 1.57. The normalized spacial score (nSPS) is 16.6. The molecular formula is C31H35N5O2. The maximum absolute atomic E-state index is 12.5. The van der Waals surface area contributed by atoms with Crippen LogP contribution in [0.25, 0.3) is 11.1 Å². The first kappa shape index (κ1) is 27.0. The molecule has 0 saturated heterocycles. The monoisotopic (exact) mass is 509 g/mol. The van der Waals surface area contributed by atoms with Crippen molar-refractivity contribution in [2.45, 2.75) is 51.6 Å². The predicted molar refractivity (Wildman–Crippen MR) is 151 cm³/mol. The van der Waals surface area contributed by atoms with Crippen molar-refractivity contribution in [3.63, 3.8) is 0 Å². The van der Waals surface area contributed by atoms with E-state index >= 15 is 0 Å². The molecule has 38 heavy (non-hydrogen) atoms. The fourth-order valence-electron chi connectivity index (χ4n) is 5.11. The average molecular weight is 510 g/mol. The number of aromatic nitrogens is 1. The van der Waals surface area contributed by atoms with E-state index in [2.05, 4.69) is 46.4 Å². The Kier molecular flexibility index (Phi) is 8.55. The van der Waals surface area contributed by atoms with E-state index in [4.69, 9.17) is 5.26 Å². The number of fused-ring (bicyclic) bond motifs is 1. The molecular weight excluding hydrogens is 474 g/mol. The maximum Gasteiger partial charge on any atom is 0.224 e. The first-order chi connectivity index (χ1) is 18.2. The molecule has 3 aromatic rings. The summed E-state index contributed by atoms with van der Waals surface area (Å²) in [5.41, 5.74) is 5.56. The van der Waals surface area contributed by atoms with Crippen LogP contribution in [0.5, 0.6) is 0 Å². The number of carbonyl (C=O) groups excluding carboxylic acids is 2. The van der Waals surface area contributed by atoms with Crippen molar-refractivity contribution in [3.8, 4) is 17.2 Å². The lowest BCUT2D eigenvalue weighted by atomic mass is 9.89. The van der Waals surface area contributed by atoms with Crippen LogP contribution in [0, 0.1) is 11.3 Å². The van der Waals surface area contributed by atoms with Crippen LogP contribution in [-0.4, -0.2) is 48.3 Å². The summed E-state index contributed by atoms with van der Waals surface area (Å²) in [6.07, 6.45) is 4.21. The molecule has 0 bridgehead atoms. The van der Waals surface area contributed by atoms with Crippen molar-refractivity contribution in [2.24, 2.45) is 0 Å². The second kappa shape index (κ2) is 12.0. The molecule has 2 aromatic carbocycles. The van der Waals surface area contributed by atoms with Gasteiger partial charge in [-0.15, -0.1) is 0 Å². The number of Topliss-reactive ketones (excluding diaryl/α,β-unsaturated/α-hetero) is 1. The molecule has 0 unspecified atom stereocenters. The van der Waals surface area contributed by atoms with Gasteiger partial charge in [0.25, 0.3) is 0 Å². The number of hydrogen-bond acceptors (Lipinski definition) is 6. The Hall–Kier alpha value is -4.02. The first-order valence-electron chi connectivity index (χ1n) is 13.1. The number of nitrogens with zero attached hydrogens (tertiary/aromatic N) is 4. The van der Waals surface area contributed by atoms with Crippen LogP contribution in [0.1, 0.15) is 55.8 Å². The van der Waals surface area contributed by atoms with Gasteiger partial charge in [0.15, 0.2) is 0 Å². The Morgan fingerprint density at radius 3 is 2.47 bits per heavy atom. The summed E-state index contributed by atoms with van der Waals surface area (Å²) in [7, 11) is 4.04. The summed E-state index contributed by atoms with van der Waals surface area (Å²) in [6.45, 7) is 4.57. The fraction of sp³-hybridized carbons (Fsp3) is 0.355. The molecule has 1 N–H and O–H groups in total. The van der Waals surface area contributed by atoms with E-state index in [9.17, 15) is 9.59 Å². The first-order valence-corrected chi connectivity index (χ1v) is 13.1. The predicted octanol–water partition coefficient (Wildman–Crippen LogP) is 5.37. The third kappa shape index (κ3) is 6.45. The van der Waals surface area contributed by atoms with E-state index < -0.39 is 0 Å². The van der Waals surface area contributed by atoms with Crippen LogP contribution in [0.3, 0.4) is 0 Å². The van der Waals surface area contributed by atoms with Crippen LogP contribution in [0.15, 0.2) is 60.8 Å². The summed E-state index contributed by atoms with van der Waals surface area (Å²) in [4.78, 5) is 33.2. The quantitative estimate of drug-likeness (QED) is 0.417. The van der Waals surface area contributed by atoms with E-state index in [0.29, 0.717) is 24.2 Å². The third-order valence-corrected chi connectivity index (χ3v) is 6.98. The molecule has 0 spiro atoms. The van der Waals surface area contributed by atoms with Gasteiger partial charge in [-0.2, -0.15) is 5.26 Å². The van der Waals surface area contributed by atoms with Crippen molar-refractivity contribution in [2.75, 3.05) is 30.9 Å². The number of pyridine rings is 1. The van der Waals surface area contributed by atoms with Crippen LogP contribution < -0.4 is 10.2 Å². The minimum atomic E-state index is -0.0463. The van der Waals surface area contributed by atoms with Gasteiger partial charge in [-0.25, -0.2) is 4.98 Å². The van der Waals surface area contributed by atoms with Crippen LogP contribution in [0.2, 0.25) is 0 Å². The lowest BCUT2D eigenvalue weighted by Gasteiger charge is -2.39. The number of rotatable bonds is 9. The zero-order valence-electron chi connectivity index (χ0n) is 22.6. The lowest BCUT2D eigenvalue weighted by molar-refractivity contribution is -0.118. The highest BCUT2D eigenvalue weighted by atomic mass is 16.2. The fourth-order valence-corrected chi connectivity index (χ4v) is 5.11. The Bertz CT molecular complexity index is 1330. The number of nitrogens with one attached hydrogen (secondary N) is 1. The van der Waals surface area contributed by atoms with Gasteiger partial charge in [0.2, 0.25) is 5.91 Å². The highest BCUT2D eigenvalue weighted by Crippen LogP contribution is 2.41. The zero-order valence-corrected chi connectivity index (χ0v) is 22.6. The molecule has 4 rings (SSSR count). The van der Waals surface area contributed by atoms with E-state index in [1.54, 1.807) is 19.2 Å². The van der Waals surface area contributed by atoms with Gasteiger partial charge in [0.1, 0.15) is 17.7 Å². The van der Waals surface area contributed by atoms with Crippen molar-refractivity contribution >= 4 is 23.2 Å². The van der Waals surface area contributed by atoms with Crippen molar-refractivity contribution < 1.29 is 9.59 Å². The standard InChI is InChI=1S/C31H35N5O2/c1-21-16-29(34-31-14-9-24(19-32)20-33-31)28-18-26(12-13-30(28)36(21)22(2)37)25-10-7-23(8-11-25)17-27(38)6-5-15-35(3)4/h7-14,18,20-21,29H,5-6,15-17H2,1-4H3,(H,33,34)/t21-,29+/m0/s1. The summed E-state index contributed by atoms with van der Waals surface area (Å²) >= 11 is 0. The number of carbonyl (C=O) groups is 2. The molecule has 1 aliphatic rings. The molecule has 0 fully saturated rings. The number of nitriles is 1. The number of ketones is 1. The second-order valence-electron chi connectivity index (χ2n) is 10.3. The number of anilines is 2. The van der Waals surface area contributed by atoms with Crippen molar-refractivity contribution in [1.82, 2.24) is 9.88 Å². The Morgan fingerprint density at radius 1 is 1.11 bits per heavy atom. The third-order valence-electron chi connectivity index (χ3n) is 6.98. The molecule has 7 nitrogen and oxygen atoms in total. The van der Waals surface area contributed by atoms with Gasteiger partial charge in [-0.05, 0) is 86.9 Å². The molecule has 7 heteroatoms. The largest absolute Gasteiger partial charge is 0.363 e. The Labute approximate surface area is 225 Å². The van der Waals surface area contributed by atoms with Gasteiger partial charge in [-0.3, -0.25) is 9.59 Å². The Morgan fingerprint density at radius 2 is 1.84 bits per heavy atom. The summed E-state index contributed by atoms with van der Waals surface area (Å²) in [5, 5.41) is 12.6. The van der Waals surface area contributed by atoms with E-state index in [-0.39, 0.29) is 23.8 Å². The van der Waals surface area contributed by atoms with E-state index in [1.807, 2.05) is 49.3 Å². The molecule has 196 valence electrons. The van der Waals surface area contributed by atoms with Crippen LogP contribution >= 0.6 is 0 Å².